The molecule has 0 unspecified atom stereocenters. The van der Waals surface area contributed by atoms with Crippen molar-refractivity contribution in [3.63, 3.8) is 0 Å². The maximum absolute atomic E-state index is 4.88. The van der Waals surface area contributed by atoms with E-state index in [1.807, 2.05) is 31.3 Å². The van der Waals surface area contributed by atoms with Gasteiger partial charge in [0, 0.05) is 45.5 Å². The molecule has 0 aliphatic carbocycles. The molecule has 5 heteroatoms. The Bertz CT molecular complexity index is 795. The number of hydrogen-bond acceptors (Lipinski definition) is 3. The van der Waals surface area contributed by atoms with Gasteiger partial charge in [0.15, 0.2) is 5.96 Å². The van der Waals surface area contributed by atoms with Crippen LogP contribution in [-0.2, 0) is 6.54 Å². The van der Waals surface area contributed by atoms with Crippen molar-refractivity contribution in [2.75, 3.05) is 38.6 Å². The summed E-state index contributed by atoms with van der Waals surface area (Å²) in [5.41, 5.74) is 3.88. The molecule has 2 aromatic rings. The largest absolute Gasteiger partial charge is 0.362 e. The second kappa shape index (κ2) is 9.21. The zero-order valence-electron chi connectivity index (χ0n) is 16.5. The van der Waals surface area contributed by atoms with Crippen LogP contribution in [0.25, 0.3) is 5.57 Å². The monoisotopic (exact) mass is 363 g/mol. The minimum absolute atomic E-state index is 0.620. The van der Waals surface area contributed by atoms with Gasteiger partial charge in [-0.25, -0.2) is 9.98 Å². The van der Waals surface area contributed by atoms with Crippen LogP contribution < -0.4 is 10.2 Å². The van der Waals surface area contributed by atoms with Gasteiger partial charge in [0.1, 0.15) is 5.82 Å². The van der Waals surface area contributed by atoms with E-state index >= 15 is 0 Å². The van der Waals surface area contributed by atoms with Crippen LogP contribution in [0.5, 0.6) is 0 Å². The van der Waals surface area contributed by atoms with Gasteiger partial charge in [-0.2, -0.15) is 0 Å². The molecule has 1 N–H and O–H groups in total. The van der Waals surface area contributed by atoms with Crippen LogP contribution in [-0.4, -0.2) is 49.6 Å². The first kappa shape index (κ1) is 19.0. The van der Waals surface area contributed by atoms with Gasteiger partial charge in [0.25, 0.3) is 0 Å². The third kappa shape index (κ3) is 4.88. The Morgan fingerprint density at radius 2 is 2.00 bits per heavy atom. The quantitative estimate of drug-likeness (QED) is 0.653. The molecule has 2 heterocycles. The molecule has 1 aliphatic rings. The molecule has 0 bridgehead atoms. The molecule has 27 heavy (non-hydrogen) atoms. The minimum atomic E-state index is 0.620. The molecule has 0 spiro atoms. The summed E-state index contributed by atoms with van der Waals surface area (Å²) < 4.78 is 0. The predicted molar refractivity (Wildman–Crippen MR) is 114 cm³/mol. The highest BCUT2D eigenvalue weighted by atomic mass is 15.3. The van der Waals surface area contributed by atoms with Crippen LogP contribution in [0, 0.1) is 0 Å². The number of aromatic nitrogens is 1. The normalized spacial score (nSPS) is 14.7. The fourth-order valence-corrected chi connectivity index (χ4v) is 3.32. The van der Waals surface area contributed by atoms with E-state index in [0.717, 1.165) is 43.4 Å². The van der Waals surface area contributed by atoms with Crippen LogP contribution in [0.4, 0.5) is 5.82 Å². The Kier molecular flexibility index (Phi) is 6.47. The standard InChI is InChI=1S/C22H29N5/c1-4-23-22(25-17-20-11-8-14-24-21(20)26(2)3)27-15-12-19(13-16-27)18-9-6-5-7-10-18/h5-12,14H,4,13,15-17H2,1-3H3,(H,23,25). The molecular weight excluding hydrogens is 334 g/mol. The van der Waals surface area contributed by atoms with E-state index in [-0.39, 0.29) is 0 Å². The van der Waals surface area contributed by atoms with E-state index in [1.165, 1.54) is 11.1 Å². The molecular formula is C22H29N5. The van der Waals surface area contributed by atoms with Crippen LogP contribution in [0.1, 0.15) is 24.5 Å². The molecule has 142 valence electrons. The van der Waals surface area contributed by atoms with Gasteiger partial charge in [0.2, 0.25) is 0 Å². The summed E-state index contributed by atoms with van der Waals surface area (Å²) in [6.45, 7) is 5.44. The Morgan fingerprint density at radius 3 is 2.67 bits per heavy atom. The maximum atomic E-state index is 4.88. The molecule has 0 atom stereocenters. The SMILES string of the molecule is CCNC(=NCc1cccnc1N(C)C)N1CC=C(c2ccccc2)CC1. The topological polar surface area (TPSA) is 43.8 Å². The van der Waals surface area contributed by atoms with Crippen molar-refractivity contribution in [1.82, 2.24) is 15.2 Å². The predicted octanol–water partition coefficient (Wildman–Crippen LogP) is 3.40. The average Bonchev–Trinajstić information content (AvgIpc) is 2.72. The highest BCUT2D eigenvalue weighted by molar-refractivity contribution is 5.81. The van der Waals surface area contributed by atoms with Gasteiger partial charge < -0.3 is 15.1 Å². The van der Waals surface area contributed by atoms with E-state index < -0.39 is 0 Å². The summed E-state index contributed by atoms with van der Waals surface area (Å²) in [6.07, 6.45) is 5.18. The second-order valence-corrected chi connectivity index (χ2v) is 6.84. The second-order valence-electron chi connectivity index (χ2n) is 6.84. The number of nitrogens with zero attached hydrogens (tertiary/aromatic N) is 4. The Balaban J connectivity index is 1.73. The van der Waals surface area contributed by atoms with Crippen molar-refractivity contribution in [1.29, 1.82) is 0 Å². The van der Waals surface area contributed by atoms with Crippen LogP contribution in [0.2, 0.25) is 0 Å². The maximum Gasteiger partial charge on any atom is 0.194 e. The van der Waals surface area contributed by atoms with Gasteiger partial charge in [-0.15, -0.1) is 0 Å². The first-order chi connectivity index (χ1) is 13.2. The summed E-state index contributed by atoms with van der Waals surface area (Å²) in [6, 6.07) is 14.7. The molecule has 1 aromatic heterocycles. The lowest BCUT2D eigenvalue weighted by molar-refractivity contribution is 0.440. The van der Waals surface area contributed by atoms with Crippen molar-refractivity contribution < 1.29 is 0 Å². The number of anilines is 1. The minimum Gasteiger partial charge on any atom is -0.362 e. The number of guanidine groups is 1. The van der Waals surface area contributed by atoms with E-state index in [1.54, 1.807) is 0 Å². The number of hydrogen-bond donors (Lipinski definition) is 1. The van der Waals surface area contributed by atoms with E-state index in [4.69, 9.17) is 4.99 Å². The molecule has 0 radical (unpaired) electrons. The summed E-state index contributed by atoms with van der Waals surface area (Å²) in [5, 5.41) is 3.44. The summed E-state index contributed by atoms with van der Waals surface area (Å²) >= 11 is 0. The Hall–Kier alpha value is -2.82. The van der Waals surface area contributed by atoms with Crippen LogP contribution >= 0.6 is 0 Å². The molecule has 0 fully saturated rings. The lowest BCUT2D eigenvalue weighted by Crippen LogP contribution is -2.43. The molecule has 3 rings (SSSR count). The van der Waals surface area contributed by atoms with Crippen molar-refractivity contribution in [2.45, 2.75) is 19.9 Å². The molecule has 0 amide bonds. The Morgan fingerprint density at radius 1 is 1.19 bits per heavy atom. The van der Waals surface area contributed by atoms with Crippen molar-refractivity contribution >= 4 is 17.4 Å². The van der Waals surface area contributed by atoms with Gasteiger partial charge in [0.05, 0.1) is 6.54 Å². The first-order valence-corrected chi connectivity index (χ1v) is 9.58. The average molecular weight is 364 g/mol. The molecule has 0 saturated heterocycles. The molecule has 1 aromatic carbocycles. The van der Waals surface area contributed by atoms with Crippen molar-refractivity contribution in [2.24, 2.45) is 4.99 Å². The van der Waals surface area contributed by atoms with Gasteiger partial charge in [-0.1, -0.05) is 42.5 Å². The number of benzene rings is 1. The lowest BCUT2D eigenvalue weighted by atomic mass is 10.00. The van der Waals surface area contributed by atoms with Crippen LogP contribution in [0.15, 0.2) is 59.7 Å². The smallest absolute Gasteiger partial charge is 0.194 e. The first-order valence-electron chi connectivity index (χ1n) is 9.58. The number of pyridine rings is 1. The number of nitrogens with one attached hydrogen (secondary N) is 1. The fourth-order valence-electron chi connectivity index (χ4n) is 3.32. The summed E-state index contributed by atoms with van der Waals surface area (Å²) in [7, 11) is 4.03. The fraction of sp³-hybridized carbons (Fsp3) is 0.364. The lowest BCUT2D eigenvalue weighted by Gasteiger charge is -2.30. The van der Waals surface area contributed by atoms with E-state index in [0.29, 0.717) is 6.54 Å². The Labute approximate surface area is 162 Å². The highest BCUT2D eigenvalue weighted by Crippen LogP contribution is 2.22. The number of aliphatic imine (C=N–C) groups is 1. The van der Waals surface area contributed by atoms with Gasteiger partial charge >= 0.3 is 0 Å². The summed E-state index contributed by atoms with van der Waals surface area (Å²) in [4.78, 5) is 13.7. The molecule has 0 saturated carbocycles. The third-order valence-corrected chi connectivity index (χ3v) is 4.68. The van der Waals surface area contributed by atoms with E-state index in [2.05, 4.69) is 64.6 Å². The molecule has 1 aliphatic heterocycles. The van der Waals surface area contributed by atoms with Crippen molar-refractivity contribution in [3.8, 4) is 0 Å². The van der Waals surface area contributed by atoms with E-state index in [9.17, 15) is 0 Å². The van der Waals surface area contributed by atoms with Gasteiger partial charge in [-0.05, 0) is 30.5 Å². The third-order valence-electron chi connectivity index (χ3n) is 4.68. The summed E-state index contributed by atoms with van der Waals surface area (Å²) in [5.74, 6) is 1.94. The van der Waals surface area contributed by atoms with Crippen LogP contribution in [0.3, 0.4) is 0 Å². The van der Waals surface area contributed by atoms with Crippen molar-refractivity contribution in [3.05, 3.63) is 65.9 Å². The number of rotatable bonds is 5. The highest BCUT2D eigenvalue weighted by Gasteiger charge is 2.16. The zero-order chi connectivity index (χ0) is 19.1. The molecule has 5 nitrogen and oxygen atoms in total. The zero-order valence-corrected chi connectivity index (χ0v) is 16.5. The van der Waals surface area contributed by atoms with Gasteiger partial charge in [-0.3, -0.25) is 0 Å².